The van der Waals surface area contributed by atoms with Gasteiger partial charge in [0, 0.05) is 24.9 Å². The predicted molar refractivity (Wildman–Crippen MR) is 80.2 cm³/mol. The van der Waals surface area contributed by atoms with E-state index in [-0.39, 0.29) is 17.2 Å². The first kappa shape index (κ1) is 16.1. The van der Waals surface area contributed by atoms with Crippen molar-refractivity contribution in [3.8, 4) is 0 Å². The van der Waals surface area contributed by atoms with Gasteiger partial charge in [-0.2, -0.15) is 0 Å². The van der Waals surface area contributed by atoms with E-state index in [0.29, 0.717) is 13.1 Å². The number of nitrogens with one attached hydrogen (secondary N) is 1. The van der Waals surface area contributed by atoms with Crippen molar-refractivity contribution in [1.82, 2.24) is 10.3 Å². The van der Waals surface area contributed by atoms with Gasteiger partial charge in [-0.3, -0.25) is 4.79 Å². The number of hydrogen-bond acceptors (Lipinski definition) is 4. The summed E-state index contributed by atoms with van der Waals surface area (Å²) in [6.45, 7) is 9.39. The Morgan fingerprint density at radius 3 is 2.68 bits per heavy atom. The van der Waals surface area contributed by atoms with E-state index in [1.165, 1.54) is 0 Å². The van der Waals surface area contributed by atoms with Gasteiger partial charge in [-0.05, 0) is 18.8 Å². The van der Waals surface area contributed by atoms with Crippen molar-refractivity contribution in [1.29, 1.82) is 0 Å². The largest absolute Gasteiger partial charge is 0.355 e. The number of rotatable bonds is 6. The fraction of sp³-hybridized carbons (Fsp3) is 0.714. The number of nitrogens with zero attached hydrogens (tertiary/aromatic N) is 1. The zero-order valence-electron chi connectivity index (χ0n) is 12.3. The van der Waals surface area contributed by atoms with Crippen LogP contribution in [0.5, 0.6) is 0 Å². The summed E-state index contributed by atoms with van der Waals surface area (Å²) in [4.78, 5) is 16.4. The average molecular weight is 283 g/mol. The first-order valence-corrected chi connectivity index (χ1v) is 7.58. The molecule has 5 heteroatoms. The fourth-order valence-electron chi connectivity index (χ4n) is 2.00. The molecule has 0 fully saturated rings. The molecule has 1 atom stereocenters. The van der Waals surface area contributed by atoms with Crippen LogP contribution in [0.1, 0.15) is 37.9 Å². The third-order valence-electron chi connectivity index (χ3n) is 2.86. The number of thiazole rings is 1. The Morgan fingerprint density at radius 1 is 1.53 bits per heavy atom. The maximum absolute atomic E-state index is 12.0. The van der Waals surface area contributed by atoms with Gasteiger partial charge in [-0.15, -0.1) is 11.3 Å². The summed E-state index contributed by atoms with van der Waals surface area (Å²) < 4.78 is 0. The van der Waals surface area contributed by atoms with Gasteiger partial charge in [0.2, 0.25) is 5.91 Å². The van der Waals surface area contributed by atoms with Gasteiger partial charge in [-0.1, -0.05) is 20.8 Å². The first-order valence-electron chi connectivity index (χ1n) is 6.70. The fourth-order valence-corrected chi connectivity index (χ4v) is 2.65. The molecule has 0 radical (unpaired) electrons. The third-order valence-corrected chi connectivity index (χ3v) is 3.68. The normalized spacial score (nSPS) is 13.3. The van der Waals surface area contributed by atoms with Crippen LogP contribution < -0.4 is 11.1 Å². The Bertz CT molecular complexity index is 409. The zero-order valence-corrected chi connectivity index (χ0v) is 13.1. The molecular formula is C14H25N3OS. The van der Waals surface area contributed by atoms with Gasteiger partial charge >= 0.3 is 0 Å². The van der Waals surface area contributed by atoms with E-state index in [1.54, 1.807) is 11.3 Å². The average Bonchev–Trinajstić information content (AvgIpc) is 2.70. The van der Waals surface area contributed by atoms with Crippen LogP contribution >= 0.6 is 11.3 Å². The molecule has 108 valence electrons. The Labute approximate surface area is 119 Å². The van der Waals surface area contributed by atoms with E-state index in [0.717, 1.165) is 23.5 Å². The number of carbonyl (C=O) groups is 1. The van der Waals surface area contributed by atoms with Gasteiger partial charge in [0.1, 0.15) is 0 Å². The minimum atomic E-state index is -0.0998. The quantitative estimate of drug-likeness (QED) is 0.840. The second-order valence-electron chi connectivity index (χ2n) is 6.10. The van der Waals surface area contributed by atoms with E-state index in [1.807, 2.05) is 12.3 Å². The lowest BCUT2D eigenvalue weighted by Crippen LogP contribution is -2.38. The van der Waals surface area contributed by atoms with Crippen LogP contribution in [0.2, 0.25) is 0 Å². The molecule has 3 N–H and O–H groups in total. The number of carbonyl (C=O) groups excluding carboxylic acids is 1. The summed E-state index contributed by atoms with van der Waals surface area (Å²) in [5.41, 5.74) is 6.86. The molecular weight excluding hydrogens is 258 g/mol. The smallest absolute Gasteiger partial charge is 0.224 e. The number of nitrogens with two attached hydrogens (primary N) is 1. The van der Waals surface area contributed by atoms with Crippen LogP contribution in [0.4, 0.5) is 0 Å². The van der Waals surface area contributed by atoms with Crippen LogP contribution in [0.15, 0.2) is 5.38 Å². The molecule has 1 rings (SSSR count). The lowest BCUT2D eigenvalue weighted by Gasteiger charge is -2.24. The molecule has 0 aliphatic heterocycles. The van der Waals surface area contributed by atoms with Crippen LogP contribution in [0.25, 0.3) is 0 Å². The molecule has 1 heterocycles. The van der Waals surface area contributed by atoms with Crippen molar-refractivity contribution in [2.75, 3.05) is 13.1 Å². The number of hydrogen-bond donors (Lipinski definition) is 2. The van der Waals surface area contributed by atoms with Crippen molar-refractivity contribution >= 4 is 17.2 Å². The number of aromatic nitrogens is 1. The highest BCUT2D eigenvalue weighted by Gasteiger charge is 2.23. The Balaban J connectivity index is 2.36. The summed E-state index contributed by atoms with van der Waals surface area (Å²) in [5.74, 6) is -0.0402. The van der Waals surface area contributed by atoms with Crippen LogP contribution in [-0.2, 0) is 11.2 Å². The number of aryl methyl sites for hydroxylation is 1. The summed E-state index contributed by atoms with van der Waals surface area (Å²) >= 11 is 1.64. The molecule has 0 saturated carbocycles. The lowest BCUT2D eigenvalue weighted by molar-refractivity contribution is -0.125. The van der Waals surface area contributed by atoms with Gasteiger partial charge in [0.15, 0.2) is 0 Å². The maximum atomic E-state index is 12.0. The van der Waals surface area contributed by atoms with E-state index in [4.69, 9.17) is 5.73 Å². The van der Waals surface area contributed by atoms with Gasteiger partial charge in [0.25, 0.3) is 0 Å². The molecule has 4 nitrogen and oxygen atoms in total. The summed E-state index contributed by atoms with van der Waals surface area (Å²) in [5, 5.41) is 6.06. The van der Waals surface area contributed by atoms with E-state index >= 15 is 0 Å². The van der Waals surface area contributed by atoms with Crippen molar-refractivity contribution in [2.24, 2.45) is 17.1 Å². The van der Waals surface area contributed by atoms with E-state index in [2.05, 4.69) is 31.1 Å². The highest BCUT2D eigenvalue weighted by molar-refractivity contribution is 7.09. The molecule has 0 saturated heterocycles. The topological polar surface area (TPSA) is 68.0 Å². The summed E-state index contributed by atoms with van der Waals surface area (Å²) in [7, 11) is 0. The molecule has 0 aliphatic carbocycles. The minimum absolute atomic E-state index is 0.0596. The predicted octanol–water partition coefficient (Wildman–Crippen LogP) is 2.12. The molecule has 1 aromatic heterocycles. The minimum Gasteiger partial charge on any atom is -0.355 e. The standard InChI is InChI=1S/C14H25N3OS/c1-10-17-12(9-19-10)5-6-16-13(18)11(8-15)7-14(2,3)4/h9,11H,5-8,15H2,1-4H3,(H,16,18). The van der Waals surface area contributed by atoms with Crippen LogP contribution in [0, 0.1) is 18.3 Å². The summed E-state index contributed by atoms with van der Waals surface area (Å²) in [6, 6.07) is 0. The van der Waals surface area contributed by atoms with Crippen molar-refractivity contribution in [3.63, 3.8) is 0 Å². The second kappa shape index (κ2) is 7.01. The van der Waals surface area contributed by atoms with E-state index in [9.17, 15) is 4.79 Å². The van der Waals surface area contributed by atoms with Crippen LogP contribution in [-0.4, -0.2) is 24.0 Å². The Kier molecular flexibility index (Phi) is 5.94. The molecule has 0 bridgehead atoms. The molecule has 1 amide bonds. The van der Waals surface area contributed by atoms with Gasteiger partial charge in [-0.25, -0.2) is 4.98 Å². The van der Waals surface area contributed by atoms with E-state index < -0.39 is 0 Å². The molecule has 0 aliphatic rings. The SMILES string of the molecule is Cc1nc(CCNC(=O)C(CN)CC(C)(C)C)cs1. The highest BCUT2D eigenvalue weighted by atomic mass is 32.1. The summed E-state index contributed by atoms with van der Waals surface area (Å²) in [6.07, 6.45) is 1.59. The second-order valence-corrected chi connectivity index (χ2v) is 7.16. The van der Waals surface area contributed by atoms with Crippen LogP contribution in [0.3, 0.4) is 0 Å². The maximum Gasteiger partial charge on any atom is 0.224 e. The molecule has 1 aromatic rings. The molecule has 0 spiro atoms. The Hall–Kier alpha value is -0.940. The third kappa shape index (κ3) is 6.16. The first-order chi connectivity index (χ1) is 8.81. The van der Waals surface area contributed by atoms with Crippen molar-refractivity contribution in [2.45, 2.75) is 40.5 Å². The molecule has 19 heavy (non-hydrogen) atoms. The van der Waals surface area contributed by atoms with Crippen molar-refractivity contribution < 1.29 is 4.79 Å². The molecule has 0 aromatic carbocycles. The molecule has 1 unspecified atom stereocenters. The highest BCUT2D eigenvalue weighted by Crippen LogP contribution is 2.23. The van der Waals surface area contributed by atoms with Crippen molar-refractivity contribution in [3.05, 3.63) is 16.1 Å². The number of amides is 1. The lowest BCUT2D eigenvalue weighted by atomic mass is 9.84. The Morgan fingerprint density at radius 2 is 2.21 bits per heavy atom. The van der Waals surface area contributed by atoms with Gasteiger partial charge < -0.3 is 11.1 Å². The van der Waals surface area contributed by atoms with Gasteiger partial charge in [0.05, 0.1) is 16.6 Å². The zero-order chi connectivity index (χ0) is 14.5. The monoisotopic (exact) mass is 283 g/mol.